The van der Waals surface area contributed by atoms with Gasteiger partial charge in [0.2, 0.25) is 0 Å². The van der Waals surface area contributed by atoms with Crippen molar-refractivity contribution in [3.8, 4) is 0 Å². The summed E-state index contributed by atoms with van der Waals surface area (Å²) in [6, 6.07) is 0. The Labute approximate surface area is 649 Å². The molecule has 0 aromatic heterocycles. The third-order valence-corrected chi connectivity index (χ3v) is 20.5. The number of esters is 8. The highest BCUT2D eigenvalue weighted by atomic mass is 16.6. The summed E-state index contributed by atoms with van der Waals surface area (Å²) in [4.78, 5) is 108. The highest BCUT2D eigenvalue weighted by Gasteiger charge is 2.40. The second kappa shape index (κ2) is 72.2. The van der Waals surface area contributed by atoms with Crippen LogP contribution < -0.4 is 0 Å². The van der Waals surface area contributed by atoms with E-state index in [-0.39, 0.29) is 146 Å². The van der Waals surface area contributed by atoms with E-state index in [1.807, 2.05) is 28.2 Å². The Morgan fingerprint density at radius 1 is 0.208 bits per heavy atom. The third kappa shape index (κ3) is 61.5. The summed E-state index contributed by atoms with van der Waals surface area (Å²) in [7, 11) is 8.04. The summed E-state index contributed by atoms with van der Waals surface area (Å²) in [6.07, 6.45) is 45.0. The van der Waals surface area contributed by atoms with Crippen molar-refractivity contribution in [2.75, 3.05) is 94.1 Å². The normalized spacial score (nSPS) is 12.2. The van der Waals surface area contributed by atoms with Crippen LogP contribution in [0.4, 0.5) is 0 Å². The molecule has 18 nitrogen and oxygen atoms in total. The minimum Gasteiger partial charge on any atom is -0.465 e. The molecule has 2 atom stereocenters. The van der Waals surface area contributed by atoms with Gasteiger partial charge in [0.15, 0.2) is 0 Å². The molecule has 18 heteroatoms. The number of hydrogen-bond acceptors (Lipinski definition) is 18. The molecule has 0 rings (SSSR count). The van der Waals surface area contributed by atoms with E-state index in [2.05, 4.69) is 79.0 Å². The molecule has 0 aliphatic rings. The average Bonchev–Trinajstić information content (AvgIpc) is 0.860. The predicted octanol–water partition coefficient (Wildman–Crippen LogP) is 21.6. The molecule has 0 aliphatic heterocycles. The molecule has 0 N–H and O–H groups in total. The maximum absolute atomic E-state index is 13.5. The fourth-order valence-corrected chi connectivity index (χ4v) is 13.6. The Morgan fingerprint density at radius 3 is 0.613 bits per heavy atom. The van der Waals surface area contributed by atoms with E-state index in [0.717, 1.165) is 231 Å². The number of hydrogen-bond donors (Lipinski definition) is 0. The summed E-state index contributed by atoms with van der Waals surface area (Å²) in [6.45, 7) is 22.3. The number of carbonyl (C=O) groups excluding carboxylic acids is 8. The van der Waals surface area contributed by atoms with Crippen LogP contribution in [-0.4, -0.2) is 152 Å². The highest BCUT2D eigenvalue weighted by Crippen LogP contribution is 2.34. The summed E-state index contributed by atoms with van der Waals surface area (Å²) in [5.74, 6) is -0.740. The second-order valence-corrected chi connectivity index (χ2v) is 31.7. The molecule has 0 fully saturated rings. The summed E-state index contributed by atoms with van der Waals surface area (Å²) in [5.41, 5.74) is -2.42. The monoisotopic (exact) mass is 1510 g/mol. The molecule has 0 spiro atoms. The van der Waals surface area contributed by atoms with E-state index >= 15 is 0 Å². The first kappa shape index (κ1) is 104. The van der Waals surface area contributed by atoms with Crippen molar-refractivity contribution in [3.63, 3.8) is 0 Å². The van der Waals surface area contributed by atoms with Gasteiger partial charge in [0.25, 0.3) is 0 Å². The first-order chi connectivity index (χ1) is 51.1. The number of carbonyl (C=O) groups is 8. The molecule has 624 valence electrons. The maximum atomic E-state index is 13.5. The maximum Gasteiger partial charge on any atom is 0.305 e. The van der Waals surface area contributed by atoms with Crippen LogP contribution in [0.1, 0.15) is 390 Å². The van der Waals surface area contributed by atoms with Crippen LogP contribution >= 0.6 is 0 Å². The fourth-order valence-electron chi connectivity index (χ4n) is 13.6. The summed E-state index contributed by atoms with van der Waals surface area (Å²) >= 11 is 0. The zero-order valence-corrected chi connectivity index (χ0v) is 71.2. The molecular weight excluding hydrogens is 1340 g/mol. The lowest BCUT2D eigenvalue weighted by Gasteiger charge is -2.32. The minimum atomic E-state index is -1.21. The van der Waals surface area contributed by atoms with Crippen molar-refractivity contribution >= 4 is 47.8 Å². The molecule has 0 aromatic carbocycles. The molecule has 0 amide bonds. The smallest absolute Gasteiger partial charge is 0.305 e. The first-order valence-corrected chi connectivity index (χ1v) is 43.7. The summed E-state index contributed by atoms with van der Waals surface area (Å²) < 4.78 is 46.5. The van der Waals surface area contributed by atoms with E-state index in [4.69, 9.17) is 37.9 Å². The van der Waals surface area contributed by atoms with Crippen molar-refractivity contribution in [3.05, 3.63) is 0 Å². The molecule has 0 heterocycles. The van der Waals surface area contributed by atoms with E-state index in [1.165, 1.54) is 38.5 Å². The van der Waals surface area contributed by atoms with Gasteiger partial charge in [-0.25, -0.2) is 0 Å². The lowest BCUT2D eigenvalue weighted by molar-refractivity contribution is -0.174. The van der Waals surface area contributed by atoms with Gasteiger partial charge in [-0.05, 0) is 129 Å². The van der Waals surface area contributed by atoms with Gasteiger partial charge in [0, 0.05) is 51.4 Å². The Morgan fingerprint density at radius 2 is 0.387 bits per heavy atom. The average molecular weight is 1510 g/mol. The lowest BCUT2D eigenvalue weighted by Crippen LogP contribution is -2.44. The topological polar surface area (TPSA) is 217 Å². The molecule has 2 unspecified atom stereocenters. The van der Waals surface area contributed by atoms with Gasteiger partial charge < -0.3 is 47.7 Å². The van der Waals surface area contributed by atoms with Crippen LogP contribution in [0.3, 0.4) is 0 Å². The van der Waals surface area contributed by atoms with Crippen molar-refractivity contribution in [2.45, 2.75) is 390 Å². The molecule has 0 radical (unpaired) electrons. The van der Waals surface area contributed by atoms with Crippen LogP contribution in [0.15, 0.2) is 0 Å². The van der Waals surface area contributed by atoms with Crippen molar-refractivity contribution in [1.29, 1.82) is 0 Å². The molecule has 0 aliphatic carbocycles. The van der Waals surface area contributed by atoms with E-state index in [9.17, 15) is 38.4 Å². The third-order valence-electron chi connectivity index (χ3n) is 20.5. The van der Waals surface area contributed by atoms with Crippen LogP contribution in [0.5, 0.6) is 0 Å². The molecule has 0 saturated heterocycles. The quantitative estimate of drug-likeness (QED) is 0.0314. The molecule has 0 aromatic rings. The van der Waals surface area contributed by atoms with Crippen LogP contribution in [0, 0.1) is 34.5 Å². The van der Waals surface area contributed by atoms with Crippen LogP contribution in [-0.2, 0) is 76.3 Å². The lowest BCUT2D eigenvalue weighted by atomic mass is 9.79. The zero-order chi connectivity index (χ0) is 79.2. The Bertz CT molecular complexity index is 2060. The SMILES string of the molecule is CCCCCCCC(=O)OCC(COC(=O)CCCCCCC)(COC(=O)CCCCCN(C)C)COC(=O)CCC(CCCC)C(CCCC)CCCC.CCCCCCCC(=O)OCC(COC(=O)CCCCCCC)(COC(=O)CCCCN(C)C)COC(=O)CCC(CCC)C(CCC)CCC. The van der Waals surface area contributed by atoms with Gasteiger partial charge in [-0.2, -0.15) is 0 Å². The molecular formula is C88H166N2O16. The zero-order valence-electron chi connectivity index (χ0n) is 71.2. The molecule has 0 saturated carbocycles. The van der Waals surface area contributed by atoms with E-state index in [1.54, 1.807) is 0 Å². The van der Waals surface area contributed by atoms with Gasteiger partial charge in [-0.3, -0.25) is 38.4 Å². The Kier molecular flexibility index (Phi) is 70.7. The number of unbranched alkanes of at least 4 members (excludes halogenated alkanes) is 22. The van der Waals surface area contributed by atoms with Gasteiger partial charge in [0.05, 0.1) is 0 Å². The van der Waals surface area contributed by atoms with Crippen molar-refractivity contribution in [1.82, 2.24) is 9.80 Å². The number of nitrogens with zero attached hydrogens (tertiary/aromatic N) is 2. The van der Waals surface area contributed by atoms with Gasteiger partial charge in [0.1, 0.15) is 63.7 Å². The second-order valence-electron chi connectivity index (χ2n) is 31.7. The molecule has 106 heavy (non-hydrogen) atoms. The minimum absolute atomic E-state index is 0.176. The van der Waals surface area contributed by atoms with E-state index < -0.39 is 10.8 Å². The van der Waals surface area contributed by atoms with Crippen LogP contribution in [0.25, 0.3) is 0 Å². The predicted molar refractivity (Wildman–Crippen MR) is 431 cm³/mol. The van der Waals surface area contributed by atoms with Crippen LogP contribution in [0.2, 0.25) is 0 Å². The van der Waals surface area contributed by atoms with Crippen molar-refractivity contribution < 1.29 is 76.3 Å². The largest absolute Gasteiger partial charge is 0.465 e. The van der Waals surface area contributed by atoms with E-state index in [0.29, 0.717) is 42.9 Å². The van der Waals surface area contributed by atoms with Gasteiger partial charge in [-0.1, -0.05) is 275 Å². The Balaban J connectivity index is 0. The summed E-state index contributed by atoms with van der Waals surface area (Å²) in [5, 5.41) is 0. The number of ether oxygens (including phenoxy) is 8. The Hall–Kier alpha value is -4.32. The highest BCUT2D eigenvalue weighted by molar-refractivity contribution is 5.72. The first-order valence-electron chi connectivity index (χ1n) is 43.7. The van der Waals surface area contributed by atoms with Gasteiger partial charge >= 0.3 is 47.8 Å². The van der Waals surface area contributed by atoms with Gasteiger partial charge in [-0.15, -0.1) is 0 Å². The molecule has 0 bridgehead atoms. The van der Waals surface area contributed by atoms with Crippen molar-refractivity contribution in [2.24, 2.45) is 34.5 Å². The number of rotatable bonds is 74. The standard InChI is InChI=1S/C46H87NO8.C42H79NO8/c1-8-13-18-20-23-30-42(48)52-36-46(37-53-43(49)31-24-21-19-14-9-2,38-54-44(50)32-25-22-26-35-47(6)7)39-55-45(51)34-33-41(29-17-12-5)40(27-15-10-3)28-16-11-4;1-8-13-15-17-19-26-38(44)48-32-42(33-49-39(45)27-20-18-16-14-9-2,34-50-40(46)28-21-22-31-43(6)7)35-51-41(47)30-29-37(25-12-5)36(23-10-3)24-11-4/h40-41H,8-39H2,1-7H3;36-37H,8-35H2,1-7H3. The fraction of sp³-hybridized carbons (Fsp3) is 0.909.